The molecular formula is C15H21FN2O2. The summed E-state index contributed by atoms with van der Waals surface area (Å²) in [6, 6.07) is 4.60. The number of methoxy groups -OCH3 is 1. The van der Waals surface area contributed by atoms with Crippen LogP contribution in [0.25, 0.3) is 0 Å². The van der Waals surface area contributed by atoms with Crippen LogP contribution in [0.5, 0.6) is 0 Å². The van der Waals surface area contributed by atoms with Crippen molar-refractivity contribution >= 4 is 5.97 Å². The second-order valence-corrected chi connectivity index (χ2v) is 5.43. The molecule has 5 heteroatoms. The highest BCUT2D eigenvalue weighted by molar-refractivity contribution is 5.84. The number of carbonyl (C=O) groups excluding carboxylic acids is 1. The van der Waals surface area contributed by atoms with Crippen molar-refractivity contribution in [2.24, 2.45) is 0 Å². The number of ether oxygens (including phenoxy) is 1. The average molecular weight is 280 g/mol. The standard InChI is InChI=1S/C15H21FN2O2/c1-18(2)9-8-17-15(14(19)20-3)7-6-11-10-12(16)4-5-13(11)15/h4-5,10,17H,6-9H2,1-3H3. The quantitative estimate of drug-likeness (QED) is 0.825. The van der Waals surface area contributed by atoms with Gasteiger partial charge < -0.3 is 9.64 Å². The first-order valence-electron chi connectivity index (χ1n) is 6.76. The van der Waals surface area contributed by atoms with E-state index >= 15 is 0 Å². The van der Waals surface area contributed by atoms with Gasteiger partial charge in [-0.05, 0) is 50.2 Å². The first-order chi connectivity index (χ1) is 9.49. The van der Waals surface area contributed by atoms with Crippen LogP contribution in [0, 0.1) is 5.82 Å². The van der Waals surface area contributed by atoms with E-state index in [0.29, 0.717) is 19.4 Å². The SMILES string of the molecule is COC(=O)C1(NCCN(C)C)CCc2cc(F)ccc21. The predicted molar refractivity (Wildman–Crippen MR) is 75.0 cm³/mol. The first kappa shape index (κ1) is 14.9. The molecule has 0 spiro atoms. The Morgan fingerprint density at radius 2 is 2.25 bits per heavy atom. The number of nitrogens with zero attached hydrogens (tertiary/aromatic N) is 1. The second kappa shape index (κ2) is 5.89. The van der Waals surface area contributed by atoms with Crippen molar-refractivity contribution in [3.05, 3.63) is 35.1 Å². The molecular weight excluding hydrogens is 259 g/mol. The summed E-state index contributed by atoms with van der Waals surface area (Å²) in [6.07, 6.45) is 1.28. The molecule has 1 unspecified atom stereocenters. The number of carbonyl (C=O) groups is 1. The van der Waals surface area contributed by atoms with Crippen LogP contribution in [-0.4, -0.2) is 45.2 Å². The van der Waals surface area contributed by atoms with E-state index in [1.807, 2.05) is 19.0 Å². The van der Waals surface area contributed by atoms with Crippen LogP contribution in [0.1, 0.15) is 17.5 Å². The molecule has 110 valence electrons. The van der Waals surface area contributed by atoms with Gasteiger partial charge in [-0.3, -0.25) is 5.32 Å². The lowest BCUT2D eigenvalue weighted by atomic mass is 9.91. The molecule has 2 rings (SSSR count). The summed E-state index contributed by atoms with van der Waals surface area (Å²) in [5.74, 6) is -0.570. The highest BCUT2D eigenvalue weighted by atomic mass is 19.1. The third-order valence-electron chi connectivity index (χ3n) is 3.82. The molecule has 0 saturated heterocycles. The average Bonchev–Trinajstić information content (AvgIpc) is 2.76. The number of aryl methyl sites for hydroxylation is 1. The number of halogens is 1. The molecule has 1 N–H and O–H groups in total. The summed E-state index contributed by atoms with van der Waals surface area (Å²) in [7, 11) is 5.34. The fraction of sp³-hybridized carbons (Fsp3) is 0.533. The Kier molecular flexibility index (Phi) is 4.40. The number of benzene rings is 1. The zero-order valence-corrected chi connectivity index (χ0v) is 12.2. The van der Waals surface area contributed by atoms with Gasteiger partial charge in [0.2, 0.25) is 0 Å². The third kappa shape index (κ3) is 2.69. The van der Waals surface area contributed by atoms with Gasteiger partial charge in [0.15, 0.2) is 0 Å². The van der Waals surface area contributed by atoms with Crippen LogP contribution >= 0.6 is 0 Å². The molecule has 1 aromatic rings. The summed E-state index contributed by atoms with van der Waals surface area (Å²) in [5, 5.41) is 3.31. The van der Waals surface area contributed by atoms with Gasteiger partial charge in [-0.1, -0.05) is 6.07 Å². The zero-order valence-electron chi connectivity index (χ0n) is 12.2. The van der Waals surface area contributed by atoms with Crippen molar-refractivity contribution in [3.63, 3.8) is 0 Å². The van der Waals surface area contributed by atoms with Gasteiger partial charge in [0.1, 0.15) is 11.4 Å². The fourth-order valence-corrected chi connectivity index (χ4v) is 2.78. The number of likely N-dealkylation sites (N-methyl/N-ethyl adjacent to an activating group) is 1. The minimum Gasteiger partial charge on any atom is -0.467 e. The van der Waals surface area contributed by atoms with Gasteiger partial charge in [0, 0.05) is 13.1 Å². The van der Waals surface area contributed by atoms with Gasteiger partial charge in [-0.15, -0.1) is 0 Å². The molecule has 1 aliphatic carbocycles. The molecule has 1 atom stereocenters. The smallest absolute Gasteiger partial charge is 0.330 e. The summed E-state index contributed by atoms with van der Waals surface area (Å²) in [4.78, 5) is 14.3. The van der Waals surface area contributed by atoms with E-state index in [1.54, 1.807) is 6.07 Å². The Hall–Kier alpha value is -1.46. The minimum atomic E-state index is -0.839. The summed E-state index contributed by atoms with van der Waals surface area (Å²) >= 11 is 0. The lowest BCUT2D eigenvalue weighted by Gasteiger charge is -2.29. The molecule has 1 aromatic carbocycles. The van der Waals surface area contributed by atoms with Crippen molar-refractivity contribution < 1.29 is 13.9 Å². The Balaban J connectivity index is 2.29. The molecule has 0 aromatic heterocycles. The van der Waals surface area contributed by atoms with Crippen molar-refractivity contribution in [1.29, 1.82) is 0 Å². The maximum atomic E-state index is 13.3. The first-order valence-corrected chi connectivity index (χ1v) is 6.76. The zero-order chi connectivity index (χ0) is 14.8. The van der Waals surface area contributed by atoms with Crippen molar-refractivity contribution in [2.75, 3.05) is 34.3 Å². The summed E-state index contributed by atoms with van der Waals surface area (Å²) in [5.41, 5.74) is 0.880. The van der Waals surface area contributed by atoms with Crippen LogP contribution in [-0.2, 0) is 21.5 Å². The maximum absolute atomic E-state index is 13.3. The van der Waals surface area contributed by atoms with Gasteiger partial charge in [-0.25, -0.2) is 9.18 Å². The van der Waals surface area contributed by atoms with Gasteiger partial charge >= 0.3 is 5.97 Å². The largest absolute Gasteiger partial charge is 0.467 e. The molecule has 4 nitrogen and oxygen atoms in total. The van der Waals surface area contributed by atoms with Crippen molar-refractivity contribution in [2.45, 2.75) is 18.4 Å². The lowest BCUT2D eigenvalue weighted by molar-refractivity contribution is -0.149. The molecule has 0 saturated carbocycles. The van der Waals surface area contributed by atoms with E-state index in [4.69, 9.17) is 4.74 Å². The third-order valence-corrected chi connectivity index (χ3v) is 3.82. The summed E-state index contributed by atoms with van der Waals surface area (Å²) in [6.45, 7) is 1.48. The molecule has 1 aliphatic rings. The maximum Gasteiger partial charge on any atom is 0.330 e. The predicted octanol–water partition coefficient (Wildman–Crippen LogP) is 1.29. The van der Waals surface area contributed by atoms with E-state index in [0.717, 1.165) is 17.7 Å². The second-order valence-electron chi connectivity index (χ2n) is 5.43. The van der Waals surface area contributed by atoms with E-state index in [1.165, 1.54) is 19.2 Å². The van der Waals surface area contributed by atoms with Gasteiger partial charge in [-0.2, -0.15) is 0 Å². The molecule has 0 heterocycles. The van der Waals surface area contributed by atoms with Crippen LogP contribution in [0.3, 0.4) is 0 Å². The van der Waals surface area contributed by atoms with E-state index < -0.39 is 5.54 Å². The number of hydrogen-bond acceptors (Lipinski definition) is 4. The number of rotatable bonds is 5. The summed E-state index contributed by atoms with van der Waals surface area (Å²) < 4.78 is 18.3. The van der Waals surface area contributed by atoms with E-state index in [-0.39, 0.29) is 11.8 Å². The molecule has 0 amide bonds. The number of fused-ring (bicyclic) bond motifs is 1. The van der Waals surface area contributed by atoms with Crippen LogP contribution in [0.2, 0.25) is 0 Å². The minimum absolute atomic E-state index is 0.266. The van der Waals surface area contributed by atoms with Crippen molar-refractivity contribution in [1.82, 2.24) is 10.2 Å². The normalized spacial score (nSPS) is 21.1. The van der Waals surface area contributed by atoms with Crippen LogP contribution in [0.4, 0.5) is 4.39 Å². The Morgan fingerprint density at radius 1 is 1.50 bits per heavy atom. The Morgan fingerprint density at radius 3 is 2.90 bits per heavy atom. The highest BCUT2D eigenvalue weighted by Gasteiger charge is 2.46. The van der Waals surface area contributed by atoms with E-state index in [9.17, 15) is 9.18 Å². The molecule has 0 bridgehead atoms. The Labute approximate surface area is 118 Å². The highest BCUT2D eigenvalue weighted by Crippen LogP contribution is 2.38. The molecule has 20 heavy (non-hydrogen) atoms. The number of esters is 1. The van der Waals surface area contributed by atoms with Crippen molar-refractivity contribution in [3.8, 4) is 0 Å². The van der Waals surface area contributed by atoms with E-state index in [2.05, 4.69) is 5.32 Å². The van der Waals surface area contributed by atoms with Gasteiger partial charge in [0.25, 0.3) is 0 Å². The van der Waals surface area contributed by atoms with Crippen LogP contribution < -0.4 is 5.32 Å². The molecule has 0 aliphatic heterocycles. The number of hydrogen-bond donors (Lipinski definition) is 1. The number of nitrogens with one attached hydrogen (secondary N) is 1. The van der Waals surface area contributed by atoms with Gasteiger partial charge in [0.05, 0.1) is 7.11 Å². The Bertz CT molecular complexity index is 505. The monoisotopic (exact) mass is 280 g/mol. The lowest BCUT2D eigenvalue weighted by Crippen LogP contribution is -2.50. The fourth-order valence-electron chi connectivity index (χ4n) is 2.78. The topological polar surface area (TPSA) is 41.6 Å². The van der Waals surface area contributed by atoms with Crippen LogP contribution in [0.15, 0.2) is 18.2 Å². The molecule has 0 radical (unpaired) electrons. The molecule has 0 fully saturated rings.